The van der Waals surface area contributed by atoms with Crippen LogP contribution in [0.3, 0.4) is 0 Å². The van der Waals surface area contributed by atoms with Gasteiger partial charge in [0.05, 0.1) is 6.20 Å². The maximum atomic E-state index is 6.17. The van der Waals surface area contributed by atoms with E-state index in [1.54, 1.807) is 6.20 Å². The lowest BCUT2D eigenvalue weighted by atomic mass is 9.80. The second-order valence-electron chi connectivity index (χ2n) is 5.68. The van der Waals surface area contributed by atoms with Crippen LogP contribution < -0.4 is 10.6 Å². The molecule has 0 aliphatic heterocycles. The summed E-state index contributed by atoms with van der Waals surface area (Å²) in [7, 11) is 0. The first-order chi connectivity index (χ1) is 9.08. The van der Waals surface area contributed by atoms with Crippen molar-refractivity contribution in [1.82, 2.24) is 9.97 Å². The summed E-state index contributed by atoms with van der Waals surface area (Å²) in [4.78, 5) is 8.60. The molecule has 1 aliphatic rings. The number of hydrogen-bond acceptors (Lipinski definition) is 4. The average molecular weight is 283 g/mol. The third-order valence-electron chi connectivity index (χ3n) is 3.60. The second-order valence-corrected chi connectivity index (χ2v) is 6.09. The van der Waals surface area contributed by atoms with Crippen molar-refractivity contribution in [3.8, 4) is 0 Å². The Morgan fingerprint density at radius 3 is 2.58 bits per heavy atom. The molecule has 19 heavy (non-hydrogen) atoms. The van der Waals surface area contributed by atoms with Gasteiger partial charge in [-0.1, -0.05) is 25.4 Å². The van der Waals surface area contributed by atoms with Crippen molar-refractivity contribution in [3.63, 3.8) is 0 Å². The second kappa shape index (κ2) is 6.42. The molecule has 106 valence electrons. The van der Waals surface area contributed by atoms with E-state index in [1.165, 1.54) is 19.3 Å². The zero-order chi connectivity index (χ0) is 13.8. The maximum Gasteiger partial charge on any atom is 0.224 e. The Morgan fingerprint density at radius 1 is 1.26 bits per heavy atom. The zero-order valence-corrected chi connectivity index (χ0v) is 12.7. The smallest absolute Gasteiger partial charge is 0.224 e. The average Bonchev–Trinajstić information content (AvgIpc) is 2.32. The molecule has 1 aromatic heterocycles. The standard InChI is InChI=1S/C14H23ClN4/c1-4-16-14-17-8-12(15)13(19-14)18-11-6-9(2)5-10(3)7-11/h8-11H,4-7H2,1-3H3,(H2,16,17,18,19). The van der Waals surface area contributed by atoms with Gasteiger partial charge in [-0.25, -0.2) is 4.98 Å². The molecule has 2 atom stereocenters. The van der Waals surface area contributed by atoms with Gasteiger partial charge in [-0.3, -0.25) is 0 Å². The van der Waals surface area contributed by atoms with Crippen LogP contribution in [0.4, 0.5) is 11.8 Å². The first-order valence-corrected chi connectivity index (χ1v) is 7.49. The van der Waals surface area contributed by atoms with Gasteiger partial charge in [0.25, 0.3) is 0 Å². The molecule has 5 heteroatoms. The fraction of sp³-hybridized carbons (Fsp3) is 0.714. The lowest BCUT2D eigenvalue weighted by Gasteiger charge is -2.32. The van der Waals surface area contributed by atoms with E-state index in [9.17, 15) is 0 Å². The highest BCUT2D eigenvalue weighted by Crippen LogP contribution is 2.31. The Balaban J connectivity index is 2.07. The van der Waals surface area contributed by atoms with Crippen LogP contribution in [0, 0.1) is 11.8 Å². The van der Waals surface area contributed by atoms with Gasteiger partial charge in [0.15, 0.2) is 5.82 Å². The van der Waals surface area contributed by atoms with Crippen molar-refractivity contribution in [2.75, 3.05) is 17.2 Å². The van der Waals surface area contributed by atoms with E-state index in [0.29, 0.717) is 17.0 Å². The van der Waals surface area contributed by atoms with Crippen LogP contribution in [-0.4, -0.2) is 22.6 Å². The summed E-state index contributed by atoms with van der Waals surface area (Å²) in [6, 6.07) is 0.459. The summed E-state index contributed by atoms with van der Waals surface area (Å²) in [6.07, 6.45) is 5.34. The summed E-state index contributed by atoms with van der Waals surface area (Å²) in [5.74, 6) is 2.90. The lowest BCUT2D eigenvalue weighted by Crippen LogP contribution is -2.30. The van der Waals surface area contributed by atoms with Crippen molar-refractivity contribution in [2.24, 2.45) is 11.8 Å². The molecule has 4 nitrogen and oxygen atoms in total. The van der Waals surface area contributed by atoms with Crippen LogP contribution in [0.15, 0.2) is 6.20 Å². The molecule has 0 saturated heterocycles. The first kappa shape index (κ1) is 14.4. The van der Waals surface area contributed by atoms with Crippen LogP contribution in [0.1, 0.15) is 40.0 Å². The minimum Gasteiger partial charge on any atom is -0.366 e. The van der Waals surface area contributed by atoms with Crippen molar-refractivity contribution < 1.29 is 0 Å². The van der Waals surface area contributed by atoms with Gasteiger partial charge in [-0.05, 0) is 38.0 Å². The fourth-order valence-electron chi connectivity index (χ4n) is 2.97. The summed E-state index contributed by atoms with van der Waals surface area (Å²) in [6.45, 7) is 7.46. The van der Waals surface area contributed by atoms with Crippen molar-refractivity contribution >= 4 is 23.4 Å². The molecule has 0 radical (unpaired) electrons. The van der Waals surface area contributed by atoms with Gasteiger partial charge in [-0.15, -0.1) is 0 Å². The van der Waals surface area contributed by atoms with Gasteiger partial charge < -0.3 is 10.6 Å². The van der Waals surface area contributed by atoms with Crippen LogP contribution >= 0.6 is 11.6 Å². The largest absolute Gasteiger partial charge is 0.366 e. The van der Waals surface area contributed by atoms with E-state index >= 15 is 0 Å². The SMILES string of the molecule is CCNc1ncc(Cl)c(NC2CC(C)CC(C)C2)n1. The molecule has 0 spiro atoms. The number of hydrogen-bond donors (Lipinski definition) is 2. The van der Waals surface area contributed by atoms with E-state index in [-0.39, 0.29) is 0 Å². The molecule has 0 bridgehead atoms. The quantitative estimate of drug-likeness (QED) is 0.882. The Labute approximate surface area is 120 Å². The highest BCUT2D eigenvalue weighted by molar-refractivity contribution is 6.32. The molecule has 0 amide bonds. The minimum atomic E-state index is 0.459. The number of nitrogens with zero attached hydrogens (tertiary/aromatic N) is 2. The maximum absolute atomic E-state index is 6.17. The number of rotatable bonds is 4. The molecular formula is C14H23ClN4. The number of anilines is 2. The predicted molar refractivity (Wildman–Crippen MR) is 80.8 cm³/mol. The van der Waals surface area contributed by atoms with Crippen LogP contribution in [0.2, 0.25) is 5.02 Å². The zero-order valence-electron chi connectivity index (χ0n) is 11.9. The topological polar surface area (TPSA) is 49.8 Å². The molecule has 2 unspecified atom stereocenters. The van der Waals surface area contributed by atoms with Crippen LogP contribution in [0.25, 0.3) is 0 Å². The molecule has 2 rings (SSSR count). The van der Waals surface area contributed by atoms with Gasteiger partial charge in [0, 0.05) is 12.6 Å². The number of nitrogens with one attached hydrogen (secondary N) is 2. The summed E-state index contributed by atoms with van der Waals surface area (Å²) in [5, 5.41) is 7.19. The van der Waals surface area contributed by atoms with Gasteiger partial charge >= 0.3 is 0 Å². The van der Waals surface area contributed by atoms with E-state index < -0.39 is 0 Å². The third-order valence-corrected chi connectivity index (χ3v) is 3.87. The summed E-state index contributed by atoms with van der Waals surface area (Å²) < 4.78 is 0. The lowest BCUT2D eigenvalue weighted by molar-refractivity contribution is 0.280. The van der Waals surface area contributed by atoms with E-state index in [0.717, 1.165) is 24.2 Å². The molecule has 1 heterocycles. The highest BCUT2D eigenvalue weighted by Gasteiger charge is 2.24. The van der Waals surface area contributed by atoms with Gasteiger partial charge in [0.1, 0.15) is 5.02 Å². The van der Waals surface area contributed by atoms with Crippen LogP contribution in [0.5, 0.6) is 0 Å². The highest BCUT2D eigenvalue weighted by atomic mass is 35.5. The molecule has 2 N–H and O–H groups in total. The van der Waals surface area contributed by atoms with Crippen molar-refractivity contribution in [1.29, 1.82) is 0 Å². The van der Waals surface area contributed by atoms with Crippen molar-refractivity contribution in [3.05, 3.63) is 11.2 Å². The Hall–Kier alpha value is -1.03. The molecule has 1 aliphatic carbocycles. The Bertz CT molecular complexity index is 414. The summed E-state index contributed by atoms with van der Waals surface area (Å²) in [5.41, 5.74) is 0. The molecular weight excluding hydrogens is 260 g/mol. The number of aromatic nitrogens is 2. The normalized spacial score (nSPS) is 27.1. The van der Waals surface area contributed by atoms with Crippen LogP contribution in [-0.2, 0) is 0 Å². The minimum absolute atomic E-state index is 0.459. The molecule has 1 saturated carbocycles. The Kier molecular flexibility index (Phi) is 4.86. The van der Waals surface area contributed by atoms with Gasteiger partial charge in [-0.2, -0.15) is 4.98 Å². The van der Waals surface area contributed by atoms with E-state index in [4.69, 9.17) is 11.6 Å². The predicted octanol–water partition coefficient (Wildman–Crippen LogP) is 3.80. The summed E-state index contributed by atoms with van der Waals surface area (Å²) >= 11 is 6.17. The van der Waals surface area contributed by atoms with E-state index in [2.05, 4.69) is 34.4 Å². The monoisotopic (exact) mass is 282 g/mol. The molecule has 0 aromatic carbocycles. The first-order valence-electron chi connectivity index (χ1n) is 7.11. The Morgan fingerprint density at radius 2 is 1.95 bits per heavy atom. The van der Waals surface area contributed by atoms with E-state index in [1.807, 2.05) is 6.92 Å². The molecule has 1 fully saturated rings. The van der Waals surface area contributed by atoms with Gasteiger partial charge in [0.2, 0.25) is 5.95 Å². The third kappa shape index (κ3) is 3.96. The molecule has 1 aromatic rings. The van der Waals surface area contributed by atoms with Crippen molar-refractivity contribution in [2.45, 2.75) is 46.1 Å². The number of halogens is 1. The fourth-order valence-corrected chi connectivity index (χ4v) is 3.12.